The van der Waals surface area contributed by atoms with Crippen molar-refractivity contribution in [1.29, 1.82) is 0 Å². The van der Waals surface area contributed by atoms with E-state index in [9.17, 15) is 4.79 Å². The third kappa shape index (κ3) is 0.635. The predicted molar refractivity (Wildman–Crippen MR) is 53.5 cm³/mol. The Bertz CT molecular complexity index is 285. The summed E-state index contributed by atoms with van der Waals surface area (Å²) in [6.45, 7) is 0. The van der Waals surface area contributed by atoms with E-state index in [1.54, 1.807) is 0 Å². The minimum Gasteiger partial charge on any atom is -0.300 e. The standard InChI is InChI=1S/C11H15OP/c12-7-5-10-3-1-8(10)9-2-4-11(9,6-7)13-10/h8-9,13H,1-6H2. The lowest BCUT2D eigenvalue weighted by Gasteiger charge is -2.46. The maximum absolute atomic E-state index is 11.7. The Hall–Kier alpha value is 0.100. The van der Waals surface area contributed by atoms with Gasteiger partial charge in [-0.05, 0) is 47.8 Å². The fraction of sp³-hybridized carbons (Fsp3) is 0.909. The van der Waals surface area contributed by atoms with E-state index in [1.165, 1.54) is 34.3 Å². The van der Waals surface area contributed by atoms with Crippen molar-refractivity contribution in [3.63, 3.8) is 0 Å². The van der Waals surface area contributed by atoms with Crippen LogP contribution in [0.25, 0.3) is 0 Å². The van der Waals surface area contributed by atoms with Gasteiger partial charge in [0.15, 0.2) is 0 Å². The highest BCUT2D eigenvalue weighted by Gasteiger charge is 2.70. The number of carbonyl (C=O) groups excluding carboxylic acids is 1. The predicted octanol–water partition coefficient (Wildman–Crippen LogP) is 2.34. The molecule has 0 amide bonds. The maximum Gasteiger partial charge on any atom is 0.134 e. The molecule has 2 bridgehead atoms. The number of ketones is 1. The molecule has 2 aliphatic heterocycles. The molecule has 2 spiro atoms. The molecule has 0 aromatic heterocycles. The lowest BCUT2D eigenvalue weighted by Crippen LogP contribution is -2.44. The zero-order chi connectivity index (χ0) is 8.68. The van der Waals surface area contributed by atoms with E-state index in [4.69, 9.17) is 0 Å². The molecule has 0 aromatic carbocycles. The summed E-state index contributed by atoms with van der Waals surface area (Å²) in [6, 6.07) is 0. The second-order valence-electron chi connectivity index (χ2n) is 5.62. The minimum absolute atomic E-state index is 0.580. The molecule has 70 valence electrons. The van der Waals surface area contributed by atoms with Gasteiger partial charge in [-0.1, -0.05) is 0 Å². The van der Waals surface area contributed by atoms with Crippen LogP contribution in [0.4, 0.5) is 0 Å². The number of fused-ring (bicyclic) bond motifs is 1. The summed E-state index contributed by atoms with van der Waals surface area (Å²) in [5, 5.41) is 1.16. The van der Waals surface area contributed by atoms with Crippen LogP contribution >= 0.6 is 8.58 Å². The summed E-state index contributed by atoms with van der Waals surface area (Å²) < 4.78 is 0. The number of carbonyl (C=O) groups is 1. The highest BCUT2D eigenvalue weighted by atomic mass is 31.1. The van der Waals surface area contributed by atoms with Crippen LogP contribution in [0.1, 0.15) is 38.5 Å². The minimum atomic E-state index is 0.580. The van der Waals surface area contributed by atoms with E-state index >= 15 is 0 Å². The van der Waals surface area contributed by atoms with Crippen molar-refractivity contribution < 1.29 is 4.79 Å². The molecule has 2 saturated carbocycles. The van der Waals surface area contributed by atoms with Gasteiger partial charge in [0, 0.05) is 12.8 Å². The number of hydrogen-bond acceptors (Lipinski definition) is 1. The summed E-state index contributed by atoms with van der Waals surface area (Å²) in [5.41, 5.74) is 0. The molecule has 2 aliphatic carbocycles. The normalized spacial score (nSPS) is 63.8. The fourth-order valence-corrected chi connectivity index (χ4v) is 7.75. The van der Waals surface area contributed by atoms with Crippen LogP contribution in [0.5, 0.6) is 0 Å². The number of rotatable bonds is 0. The first-order valence-electron chi connectivity index (χ1n) is 5.55. The Morgan fingerprint density at radius 1 is 1.08 bits per heavy atom. The van der Waals surface area contributed by atoms with E-state index < -0.39 is 0 Å². The first-order chi connectivity index (χ1) is 6.24. The molecule has 13 heavy (non-hydrogen) atoms. The SMILES string of the molecule is O=C1CC23CCC2C2CCC2(C1)P3. The largest absolute Gasteiger partial charge is 0.300 e. The van der Waals surface area contributed by atoms with E-state index in [0.717, 1.165) is 24.7 Å². The molecule has 0 N–H and O–H groups in total. The topological polar surface area (TPSA) is 17.1 Å². The highest BCUT2D eigenvalue weighted by molar-refractivity contribution is 7.43. The number of Topliss-reactive ketones (excluding diaryl/α,β-unsaturated/α-hetero) is 1. The third-order valence-corrected chi connectivity index (χ3v) is 7.82. The summed E-state index contributed by atoms with van der Waals surface area (Å²) in [7, 11) is 1.17. The Kier molecular flexibility index (Phi) is 1.07. The molecule has 2 heterocycles. The summed E-state index contributed by atoms with van der Waals surface area (Å²) in [6.07, 6.45) is 7.61. The molecule has 4 aliphatic rings. The molecule has 4 rings (SSSR count). The molecule has 4 unspecified atom stereocenters. The Balaban J connectivity index is 1.85. The Morgan fingerprint density at radius 3 is 2.00 bits per heavy atom. The van der Waals surface area contributed by atoms with Crippen LogP contribution in [0, 0.1) is 11.8 Å². The molecule has 0 radical (unpaired) electrons. The number of hydrogen-bond donors (Lipinski definition) is 0. The van der Waals surface area contributed by atoms with Gasteiger partial charge in [-0.15, -0.1) is 8.58 Å². The van der Waals surface area contributed by atoms with Crippen molar-refractivity contribution >= 4 is 14.4 Å². The van der Waals surface area contributed by atoms with Gasteiger partial charge in [0.1, 0.15) is 5.78 Å². The van der Waals surface area contributed by atoms with Crippen LogP contribution in [0.15, 0.2) is 0 Å². The lowest BCUT2D eigenvalue weighted by molar-refractivity contribution is -0.120. The quantitative estimate of drug-likeness (QED) is 0.541. The average molecular weight is 194 g/mol. The zero-order valence-corrected chi connectivity index (χ0v) is 8.81. The second-order valence-corrected chi connectivity index (χ2v) is 7.86. The molecule has 1 nitrogen and oxygen atoms in total. The summed E-state index contributed by atoms with van der Waals surface area (Å²) >= 11 is 0. The van der Waals surface area contributed by atoms with E-state index in [2.05, 4.69) is 0 Å². The van der Waals surface area contributed by atoms with Crippen LogP contribution < -0.4 is 0 Å². The second kappa shape index (κ2) is 1.89. The van der Waals surface area contributed by atoms with Crippen molar-refractivity contribution in [2.45, 2.75) is 48.8 Å². The van der Waals surface area contributed by atoms with Gasteiger partial charge < -0.3 is 0 Å². The monoisotopic (exact) mass is 194 g/mol. The zero-order valence-electron chi connectivity index (χ0n) is 7.81. The van der Waals surface area contributed by atoms with Crippen molar-refractivity contribution in [3.8, 4) is 0 Å². The van der Waals surface area contributed by atoms with Gasteiger partial charge in [-0.25, -0.2) is 0 Å². The van der Waals surface area contributed by atoms with Crippen molar-refractivity contribution in [3.05, 3.63) is 0 Å². The molecular weight excluding hydrogens is 179 g/mol. The fourth-order valence-electron chi connectivity index (χ4n) is 4.59. The molecule has 0 aromatic rings. The van der Waals surface area contributed by atoms with Crippen LogP contribution in [-0.4, -0.2) is 16.1 Å². The Labute approximate surface area is 80.4 Å². The van der Waals surface area contributed by atoms with Crippen LogP contribution in [0.2, 0.25) is 0 Å². The van der Waals surface area contributed by atoms with E-state index in [0.29, 0.717) is 16.1 Å². The van der Waals surface area contributed by atoms with Gasteiger partial charge in [-0.2, -0.15) is 0 Å². The van der Waals surface area contributed by atoms with Gasteiger partial charge in [0.2, 0.25) is 0 Å². The summed E-state index contributed by atoms with van der Waals surface area (Å²) in [4.78, 5) is 11.7. The average Bonchev–Trinajstić information content (AvgIpc) is 2.15. The highest BCUT2D eigenvalue weighted by Crippen LogP contribution is 2.80. The van der Waals surface area contributed by atoms with Crippen molar-refractivity contribution in [2.75, 3.05) is 0 Å². The van der Waals surface area contributed by atoms with Crippen LogP contribution in [0.3, 0.4) is 0 Å². The molecule has 2 saturated heterocycles. The summed E-state index contributed by atoms with van der Waals surface area (Å²) in [5.74, 6) is 2.59. The molecular formula is C11H15OP. The van der Waals surface area contributed by atoms with Crippen molar-refractivity contribution in [2.24, 2.45) is 11.8 Å². The first kappa shape index (κ1) is 7.40. The molecule has 4 atom stereocenters. The van der Waals surface area contributed by atoms with E-state index in [1.807, 2.05) is 0 Å². The van der Waals surface area contributed by atoms with Gasteiger partial charge in [-0.3, -0.25) is 4.79 Å². The maximum atomic E-state index is 11.7. The molecule has 2 heteroatoms. The van der Waals surface area contributed by atoms with Gasteiger partial charge >= 0.3 is 0 Å². The first-order valence-corrected chi connectivity index (χ1v) is 6.55. The molecule has 4 fully saturated rings. The van der Waals surface area contributed by atoms with Gasteiger partial charge in [0.05, 0.1) is 0 Å². The van der Waals surface area contributed by atoms with Crippen LogP contribution in [-0.2, 0) is 4.79 Å². The Morgan fingerprint density at radius 2 is 1.62 bits per heavy atom. The van der Waals surface area contributed by atoms with Gasteiger partial charge in [0.25, 0.3) is 0 Å². The smallest absolute Gasteiger partial charge is 0.134 e. The lowest BCUT2D eigenvalue weighted by atomic mass is 9.58. The van der Waals surface area contributed by atoms with E-state index in [-0.39, 0.29) is 0 Å². The van der Waals surface area contributed by atoms with Crippen molar-refractivity contribution in [1.82, 2.24) is 0 Å². The third-order valence-electron chi connectivity index (χ3n) is 5.23.